The number of rotatable bonds is 9. The fraction of sp³-hybridized carbons (Fsp3) is 0.654. The minimum Gasteiger partial charge on any atom is -0.467 e. The Morgan fingerprint density at radius 1 is 1.28 bits per heavy atom. The summed E-state index contributed by atoms with van der Waals surface area (Å²) in [6.45, 7) is 9.59. The second-order valence-corrected chi connectivity index (χ2v) is 10.9. The molecule has 0 spiro atoms. The van der Waals surface area contributed by atoms with Crippen molar-refractivity contribution in [2.24, 2.45) is 5.73 Å². The second kappa shape index (κ2) is 17.7. The third-order valence-corrected chi connectivity index (χ3v) is 7.95. The Morgan fingerprint density at radius 3 is 2.42 bits per heavy atom. The van der Waals surface area contributed by atoms with Crippen LogP contribution >= 0.6 is 23.7 Å². The average Bonchev–Trinajstić information content (AvgIpc) is 2.86. The van der Waals surface area contributed by atoms with Crippen LogP contribution < -0.4 is 11.1 Å². The third kappa shape index (κ3) is 10.3. The highest BCUT2D eigenvalue weighted by atomic mass is 32.2. The SMILES string of the molecule is CCCC.COC(=O)[C@H](C)NC=O.CSC[C@H](N)CN1SC[C@H]1C(=O)N1Cc2ccccc2CC1C. The summed E-state index contributed by atoms with van der Waals surface area (Å²) in [4.78, 5) is 35.2. The first-order valence-corrected chi connectivity index (χ1v) is 14.9. The summed E-state index contributed by atoms with van der Waals surface area (Å²) < 4.78 is 6.48. The number of amides is 2. The Kier molecular flexibility index (Phi) is 15.8. The van der Waals surface area contributed by atoms with Gasteiger partial charge in [-0.25, -0.2) is 9.10 Å². The van der Waals surface area contributed by atoms with Crippen molar-refractivity contribution in [3.63, 3.8) is 0 Å². The molecule has 1 aromatic carbocycles. The molecular formula is C26H44N4O4S2. The fourth-order valence-corrected chi connectivity index (χ4v) is 5.21. The molecule has 2 aliphatic rings. The number of nitrogens with one attached hydrogen (secondary N) is 1. The molecule has 3 rings (SSSR count). The molecule has 2 aliphatic heterocycles. The van der Waals surface area contributed by atoms with Crippen molar-refractivity contribution in [3.05, 3.63) is 35.4 Å². The lowest BCUT2D eigenvalue weighted by Crippen LogP contribution is -2.58. The molecule has 1 aromatic rings. The summed E-state index contributed by atoms with van der Waals surface area (Å²) in [5.41, 5.74) is 8.79. The number of hydrogen-bond donors (Lipinski definition) is 2. The van der Waals surface area contributed by atoms with Gasteiger partial charge in [0.2, 0.25) is 12.3 Å². The van der Waals surface area contributed by atoms with E-state index in [9.17, 15) is 14.4 Å². The molecule has 3 N–H and O–H groups in total. The van der Waals surface area contributed by atoms with Crippen LogP contribution in [0.1, 0.15) is 51.7 Å². The number of nitrogens with two attached hydrogens (primary N) is 1. The van der Waals surface area contributed by atoms with Crippen LogP contribution in [0, 0.1) is 0 Å². The number of carbonyl (C=O) groups is 3. The highest BCUT2D eigenvalue weighted by molar-refractivity contribution is 7.98. The van der Waals surface area contributed by atoms with Gasteiger partial charge in [-0.15, -0.1) is 0 Å². The van der Waals surface area contributed by atoms with Gasteiger partial charge >= 0.3 is 5.97 Å². The van der Waals surface area contributed by atoms with Crippen molar-refractivity contribution >= 4 is 42.0 Å². The van der Waals surface area contributed by atoms with E-state index in [1.54, 1.807) is 30.6 Å². The van der Waals surface area contributed by atoms with Gasteiger partial charge in [0.1, 0.15) is 12.1 Å². The molecule has 0 bridgehead atoms. The van der Waals surface area contributed by atoms with Crippen molar-refractivity contribution in [1.82, 2.24) is 14.5 Å². The summed E-state index contributed by atoms with van der Waals surface area (Å²) in [6, 6.07) is 8.32. The normalized spacial score (nSPS) is 20.1. The van der Waals surface area contributed by atoms with Crippen LogP contribution in [0.15, 0.2) is 24.3 Å². The summed E-state index contributed by atoms with van der Waals surface area (Å²) in [5, 5.41) is 2.24. The van der Waals surface area contributed by atoms with Gasteiger partial charge in [-0.05, 0) is 37.7 Å². The lowest BCUT2D eigenvalue weighted by atomic mass is 9.94. The average molecular weight is 541 g/mol. The van der Waals surface area contributed by atoms with Gasteiger partial charge < -0.3 is 20.7 Å². The van der Waals surface area contributed by atoms with Crippen LogP contribution in [0.5, 0.6) is 0 Å². The summed E-state index contributed by atoms with van der Waals surface area (Å²) in [5.74, 6) is 1.64. The summed E-state index contributed by atoms with van der Waals surface area (Å²) in [6.07, 6.45) is 6.12. The van der Waals surface area contributed by atoms with E-state index in [0.717, 1.165) is 31.0 Å². The van der Waals surface area contributed by atoms with E-state index in [0.29, 0.717) is 6.41 Å². The van der Waals surface area contributed by atoms with Gasteiger partial charge in [0.05, 0.1) is 7.11 Å². The Morgan fingerprint density at radius 2 is 1.92 bits per heavy atom. The van der Waals surface area contributed by atoms with E-state index in [1.165, 1.54) is 31.1 Å². The monoisotopic (exact) mass is 540 g/mol. The first-order valence-electron chi connectivity index (χ1n) is 12.5. The quantitative estimate of drug-likeness (QED) is 0.280. The van der Waals surface area contributed by atoms with Crippen molar-refractivity contribution in [2.45, 2.75) is 77.7 Å². The van der Waals surface area contributed by atoms with E-state index in [1.807, 2.05) is 0 Å². The van der Waals surface area contributed by atoms with Crippen LogP contribution in [0.3, 0.4) is 0 Å². The highest BCUT2D eigenvalue weighted by Crippen LogP contribution is 2.32. The number of benzene rings is 1. The topological polar surface area (TPSA) is 105 Å². The highest BCUT2D eigenvalue weighted by Gasteiger charge is 2.40. The van der Waals surface area contributed by atoms with Gasteiger partial charge in [-0.1, -0.05) is 62.9 Å². The van der Waals surface area contributed by atoms with Crippen molar-refractivity contribution in [1.29, 1.82) is 0 Å². The molecule has 2 amide bonds. The predicted octanol–water partition coefficient (Wildman–Crippen LogP) is 3.08. The molecule has 0 aromatic heterocycles. The van der Waals surface area contributed by atoms with Gasteiger partial charge in [0.15, 0.2) is 0 Å². The van der Waals surface area contributed by atoms with Crippen LogP contribution in [0.25, 0.3) is 0 Å². The summed E-state index contributed by atoms with van der Waals surface area (Å²) >= 11 is 3.50. The molecular weight excluding hydrogens is 496 g/mol. The minimum absolute atomic E-state index is 0.000573. The molecule has 1 saturated heterocycles. The number of ether oxygens (including phenoxy) is 1. The first kappa shape index (κ1) is 32.3. The largest absolute Gasteiger partial charge is 0.467 e. The maximum atomic E-state index is 13.0. The van der Waals surface area contributed by atoms with E-state index in [2.05, 4.69) is 70.6 Å². The number of esters is 1. The van der Waals surface area contributed by atoms with Gasteiger partial charge in [0, 0.05) is 36.7 Å². The van der Waals surface area contributed by atoms with Crippen molar-refractivity contribution in [2.75, 3.05) is 31.4 Å². The van der Waals surface area contributed by atoms with Crippen molar-refractivity contribution < 1.29 is 19.1 Å². The van der Waals surface area contributed by atoms with Gasteiger partial charge in [-0.2, -0.15) is 11.8 Å². The zero-order chi connectivity index (χ0) is 27.1. The molecule has 0 saturated carbocycles. The van der Waals surface area contributed by atoms with E-state index >= 15 is 0 Å². The van der Waals surface area contributed by atoms with Gasteiger partial charge in [0.25, 0.3) is 0 Å². The molecule has 0 aliphatic carbocycles. The third-order valence-electron chi connectivity index (χ3n) is 5.99. The van der Waals surface area contributed by atoms with Crippen LogP contribution in [-0.2, 0) is 32.1 Å². The first-order chi connectivity index (χ1) is 17.2. The molecule has 2 heterocycles. The van der Waals surface area contributed by atoms with Crippen LogP contribution in [-0.4, -0.2) is 83.1 Å². The smallest absolute Gasteiger partial charge is 0.328 e. The minimum atomic E-state index is -0.549. The van der Waals surface area contributed by atoms with Crippen LogP contribution in [0.4, 0.5) is 0 Å². The molecule has 4 atom stereocenters. The Bertz CT molecular complexity index is 812. The number of thioether (sulfide) groups is 1. The number of fused-ring (bicyclic) bond motifs is 1. The lowest BCUT2D eigenvalue weighted by molar-refractivity contribution is -0.143. The molecule has 1 unspecified atom stereocenters. The fourth-order valence-electron chi connectivity index (χ4n) is 3.64. The Hall–Kier alpha value is -1.75. The molecule has 10 heteroatoms. The molecule has 8 nitrogen and oxygen atoms in total. The summed E-state index contributed by atoms with van der Waals surface area (Å²) in [7, 11) is 1.27. The lowest BCUT2D eigenvalue weighted by Gasteiger charge is -2.44. The van der Waals surface area contributed by atoms with E-state index < -0.39 is 12.0 Å². The van der Waals surface area contributed by atoms with E-state index in [-0.39, 0.29) is 24.0 Å². The Balaban J connectivity index is 0.000000416. The molecule has 36 heavy (non-hydrogen) atoms. The maximum Gasteiger partial charge on any atom is 0.328 e. The molecule has 0 radical (unpaired) electrons. The van der Waals surface area contributed by atoms with Crippen LogP contribution in [0.2, 0.25) is 0 Å². The predicted molar refractivity (Wildman–Crippen MR) is 151 cm³/mol. The zero-order valence-electron chi connectivity index (χ0n) is 22.6. The van der Waals surface area contributed by atoms with Gasteiger partial charge in [-0.3, -0.25) is 9.59 Å². The van der Waals surface area contributed by atoms with Crippen molar-refractivity contribution in [3.8, 4) is 0 Å². The zero-order valence-corrected chi connectivity index (χ0v) is 24.2. The number of unbranched alkanes of at least 4 members (excludes halogenated alkanes) is 1. The number of carbonyl (C=O) groups excluding carboxylic acids is 3. The standard InChI is InChI=1S/C17H25N3OS2.C5H9NO3.C4H10/c1-12-7-13-5-3-4-6-14(13)8-19(12)17(21)16-11-23-20(16)9-15(18)10-22-2;1-4(6-3-7)5(8)9-2;1-3-4-2/h3-6,12,15-16H,7-11,18H2,1-2H3;3-4H,1-2H3,(H,6,7);3-4H2,1-2H3/t12?,15-,16+;4-;/m10./s1. The maximum absolute atomic E-state index is 13.0. The Labute approximate surface area is 225 Å². The number of hydrogen-bond acceptors (Lipinski definition) is 8. The molecule has 204 valence electrons. The number of methoxy groups -OCH3 is 1. The second-order valence-electron chi connectivity index (χ2n) is 8.94. The van der Waals surface area contributed by atoms with E-state index in [4.69, 9.17) is 5.73 Å². The number of nitrogens with zero attached hydrogens (tertiary/aromatic N) is 2. The molecule has 1 fully saturated rings.